The molecule has 1 aliphatic heterocycles. The molecule has 5 nitrogen and oxygen atoms in total. The lowest BCUT2D eigenvalue weighted by Gasteiger charge is -2.40. The number of anilines is 1. The quantitative estimate of drug-likeness (QED) is 0.792. The molecule has 0 radical (unpaired) electrons. The van der Waals surface area contributed by atoms with Crippen LogP contribution in [0.1, 0.15) is 11.3 Å². The SMILES string of the molecule is N#Cc1cc(OC2CN(c3ncc(C(F)(F)F)cc3Br)C2)ccn1. The van der Waals surface area contributed by atoms with Crippen molar-refractivity contribution in [3.63, 3.8) is 0 Å². The van der Waals surface area contributed by atoms with Crippen LogP contribution in [0.25, 0.3) is 0 Å². The summed E-state index contributed by atoms with van der Waals surface area (Å²) in [6.45, 7) is 0.975. The first-order chi connectivity index (χ1) is 11.4. The lowest BCUT2D eigenvalue weighted by atomic mass is 10.1. The second-order valence-electron chi connectivity index (χ2n) is 5.16. The number of pyridine rings is 2. The molecule has 0 atom stereocenters. The Balaban J connectivity index is 1.63. The molecule has 0 aliphatic carbocycles. The molecule has 9 heteroatoms. The van der Waals surface area contributed by atoms with Gasteiger partial charge in [0.25, 0.3) is 0 Å². The number of rotatable bonds is 3. The molecule has 0 aromatic carbocycles. The summed E-state index contributed by atoms with van der Waals surface area (Å²) in [5.41, 5.74) is -0.539. The Morgan fingerprint density at radius 1 is 1.29 bits per heavy atom. The minimum absolute atomic E-state index is 0.130. The van der Waals surface area contributed by atoms with E-state index in [1.165, 1.54) is 12.3 Å². The highest BCUT2D eigenvalue weighted by Gasteiger charge is 2.34. The summed E-state index contributed by atoms with van der Waals surface area (Å²) in [7, 11) is 0. The third kappa shape index (κ3) is 3.43. The summed E-state index contributed by atoms with van der Waals surface area (Å²) in [4.78, 5) is 9.54. The molecule has 1 aliphatic rings. The molecule has 0 unspecified atom stereocenters. The molecular formula is C15H10BrF3N4O. The first kappa shape index (κ1) is 16.5. The number of alkyl halides is 3. The molecule has 2 aromatic heterocycles. The second kappa shape index (κ2) is 6.28. The largest absolute Gasteiger partial charge is 0.487 e. The van der Waals surface area contributed by atoms with Crippen LogP contribution in [0.3, 0.4) is 0 Å². The Morgan fingerprint density at radius 3 is 2.67 bits per heavy atom. The smallest absolute Gasteiger partial charge is 0.417 e. The molecule has 0 saturated carbocycles. The van der Waals surface area contributed by atoms with Crippen molar-refractivity contribution >= 4 is 21.7 Å². The van der Waals surface area contributed by atoms with Gasteiger partial charge in [0.2, 0.25) is 0 Å². The second-order valence-corrected chi connectivity index (χ2v) is 6.01. The summed E-state index contributed by atoms with van der Waals surface area (Å²) >= 11 is 3.13. The number of ether oxygens (including phenoxy) is 1. The van der Waals surface area contributed by atoms with Gasteiger partial charge in [-0.2, -0.15) is 18.4 Å². The molecule has 1 saturated heterocycles. The van der Waals surface area contributed by atoms with Crippen molar-refractivity contribution in [1.82, 2.24) is 9.97 Å². The Labute approximate surface area is 143 Å². The number of nitriles is 1. The van der Waals surface area contributed by atoms with Crippen LogP contribution in [-0.4, -0.2) is 29.2 Å². The Morgan fingerprint density at radius 2 is 2.04 bits per heavy atom. The molecule has 2 aromatic rings. The number of hydrogen-bond acceptors (Lipinski definition) is 5. The zero-order valence-electron chi connectivity index (χ0n) is 12.1. The van der Waals surface area contributed by atoms with Crippen LogP contribution in [0.5, 0.6) is 5.75 Å². The van der Waals surface area contributed by atoms with E-state index < -0.39 is 11.7 Å². The maximum Gasteiger partial charge on any atom is 0.417 e. The molecule has 0 amide bonds. The molecular weight excluding hydrogens is 389 g/mol. The highest BCUT2D eigenvalue weighted by molar-refractivity contribution is 9.10. The monoisotopic (exact) mass is 398 g/mol. The average Bonchev–Trinajstić information content (AvgIpc) is 2.50. The van der Waals surface area contributed by atoms with Crippen LogP contribution in [0.4, 0.5) is 19.0 Å². The van der Waals surface area contributed by atoms with E-state index in [-0.39, 0.29) is 16.3 Å². The zero-order valence-corrected chi connectivity index (χ0v) is 13.7. The average molecular weight is 399 g/mol. The molecule has 1 fully saturated rings. The van der Waals surface area contributed by atoms with Crippen LogP contribution >= 0.6 is 15.9 Å². The molecule has 24 heavy (non-hydrogen) atoms. The van der Waals surface area contributed by atoms with Gasteiger partial charge in [0.1, 0.15) is 29.4 Å². The van der Waals surface area contributed by atoms with Crippen molar-refractivity contribution < 1.29 is 17.9 Å². The molecule has 0 bridgehead atoms. The van der Waals surface area contributed by atoms with E-state index in [1.54, 1.807) is 11.0 Å². The number of halogens is 4. The van der Waals surface area contributed by atoms with E-state index in [2.05, 4.69) is 25.9 Å². The van der Waals surface area contributed by atoms with Crippen LogP contribution < -0.4 is 9.64 Å². The van der Waals surface area contributed by atoms with E-state index in [4.69, 9.17) is 10.00 Å². The van der Waals surface area contributed by atoms with Crippen molar-refractivity contribution in [1.29, 1.82) is 5.26 Å². The number of aromatic nitrogens is 2. The number of nitrogens with zero attached hydrogens (tertiary/aromatic N) is 4. The summed E-state index contributed by atoms with van der Waals surface area (Å²) in [5.74, 6) is 0.973. The minimum Gasteiger partial charge on any atom is -0.487 e. The predicted molar refractivity (Wildman–Crippen MR) is 82.5 cm³/mol. The molecule has 0 spiro atoms. The number of hydrogen-bond donors (Lipinski definition) is 0. The predicted octanol–water partition coefficient (Wildman–Crippen LogP) is 3.40. The third-order valence-corrected chi connectivity index (χ3v) is 4.03. The van der Waals surface area contributed by atoms with E-state index in [1.807, 2.05) is 6.07 Å². The fourth-order valence-corrected chi connectivity index (χ4v) is 2.84. The van der Waals surface area contributed by atoms with Crippen molar-refractivity contribution in [3.05, 3.63) is 46.3 Å². The summed E-state index contributed by atoms with van der Waals surface area (Å²) in [6.07, 6.45) is -2.25. The van der Waals surface area contributed by atoms with E-state index in [0.29, 0.717) is 24.7 Å². The van der Waals surface area contributed by atoms with Gasteiger partial charge in [-0.25, -0.2) is 9.97 Å². The standard InChI is InChI=1S/C15H10BrF3N4O/c16-13-3-9(15(17,18)19)6-22-14(13)23-7-12(8-23)24-11-1-2-21-10(4-11)5-20/h1-4,6,12H,7-8H2. The first-order valence-electron chi connectivity index (χ1n) is 6.87. The van der Waals surface area contributed by atoms with Gasteiger partial charge in [-0.15, -0.1) is 0 Å². The minimum atomic E-state index is -4.42. The topological polar surface area (TPSA) is 62.0 Å². The maximum absolute atomic E-state index is 12.6. The molecule has 124 valence electrons. The van der Waals surface area contributed by atoms with E-state index in [0.717, 1.165) is 12.3 Å². The van der Waals surface area contributed by atoms with Crippen molar-refractivity contribution in [3.8, 4) is 11.8 Å². The summed E-state index contributed by atoms with van der Waals surface area (Å²) in [5, 5.41) is 8.80. The van der Waals surface area contributed by atoms with Crippen molar-refractivity contribution in [2.75, 3.05) is 18.0 Å². The highest BCUT2D eigenvalue weighted by Crippen LogP contribution is 2.35. The van der Waals surface area contributed by atoms with E-state index >= 15 is 0 Å². The Kier molecular flexibility index (Phi) is 4.32. The van der Waals surface area contributed by atoms with Gasteiger partial charge in [0, 0.05) is 18.5 Å². The third-order valence-electron chi connectivity index (χ3n) is 3.45. The van der Waals surface area contributed by atoms with Gasteiger partial charge in [0.05, 0.1) is 23.1 Å². The first-order valence-corrected chi connectivity index (χ1v) is 7.66. The zero-order chi connectivity index (χ0) is 17.3. The normalized spacial score (nSPS) is 14.9. The maximum atomic E-state index is 12.6. The van der Waals surface area contributed by atoms with Crippen LogP contribution in [0.15, 0.2) is 35.1 Å². The fourth-order valence-electron chi connectivity index (χ4n) is 2.24. The van der Waals surface area contributed by atoms with Gasteiger partial charge in [-0.1, -0.05) is 0 Å². The molecule has 3 rings (SSSR count). The highest BCUT2D eigenvalue weighted by atomic mass is 79.9. The van der Waals surface area contributed by atoms with Gasteiger partial charge in [0.15, 0.2) is 0 Å². The fraction of sp³-hybridized carbons (Fsp3) is 0.267. The lowest BCUT2D eigenvalue weighted by Crippen LogP contribution is -2.54. The lowest BCUT2D eigenvalue weighted by molar-refractivity contribution is -0.137. The van der Waals surface area contributed by atoms with Gasteiger partial charge in [-0.05, 0) is 28.1 Å². The van der Waals surface area contributed by atoms with Gasteiger partial charge in [-0.3, -0.25) is 0 Å². The Hall–Kier alpha value is -2.34. The van der Waals surface area contributed by atoms with Crippen molar-refractivity contribution in [2.24, 2.45) is 0 Å². The van der Waals surface area contributed by atoms with Crippen LogP contribution in [0, 0.1) is 11.3 Å². The molecule has 0 N–H and O–H groups in total. The van der Waals surface area contributed by atoms with Crippen molar-refractivity contribution in [2.45, 2.75) is 12.3 Å². The Bertz CT molecular complexity index is 800. The molecule has 3 heterocycles. The van der Waals surface area contributed by atoms with E-state index in [9.17, 15) is 13.2 Å². The van der Waals surface area contributed by atoms with Crippen LogP contribution in [0.2, 0.25) is 0 Å². The summed E-state index contributed by atoms with van der Waals surface area (Å²) in [6, 6.07) is 6.12. The van der Waals surface area contributed by atoms with Crippen LogP contribution in [-0.2, 0) is 6.18 Å². The van der Waals surface area contributed by atoms with Gasteiger partial charge >= 0.3 is 6.18 Å². The summed E-state index contributed by atoms with van der Waals surface area (Å²) < 4.78 is 43.9. The van der Waals surface area contributed by atoms with Gasteiger partial charge < -0.3 is 9.64 Å².